The molecule has 66 heavy (non-hydrogen) atoms. The summed E-state index contributed by atoms with van der Waals surface area (Å²) in [6.45, 7) is 20.7. The van der Waals surface area contributed by atoms with Gasteiger partial charge in [0.15, 0.2) is 0 Å². The lowest BCUT2D eigenvalue weighted by molar-refractivity contribution is 0.590. The molecule has 1 heterocycles. The van der Waals surface area contributed by atoms with E-state index in [-0.39, 0.29) is 16.2 Å². The predicted octanol–water partition coefficient (Wildman–Crippen LogP) is 18.6. The molecule has 2 aliphatic carbocycles. The molecule has 9 aromatic rings. The summed E-state index contributed by atoms with van der Waals surface area (Å²) < 4.78 is 1.34. The van der Waals surface area contributed by atoms with Crippen LogP contribution in [0.4, 0.5) is 17.1 Å². The molecule has 1 aromatic heterocycles. The first-order chi connectivity index (χ1) is 31.8. The molecule has 0 atom stereocenters. The molecule has 8 aromatic carbocycles. The van der Waals surface area contributed by atoms with Crippen LogP contribution in [0.25, 0.3) is 71.8 Å². The van der Waals surface area contributed by atoms with Crippen molar-refractivity contribution in [1.29, 1.82) is 0 Å². The van der Waals surface area contributed by atoms with Gasteiger partial charge < -0.3 is 4.90 Å². The highest BCUT2D eigenvalue weighted by Gasteiger charge is 2.40. The highest BCUT2D eigenvalue weighted by molar-refractivity contribution is 7.20. The van der Waals surface area contributed by atoms with E-state index in [1.54, 1.807) is 0 Å². The molecule has 0 amide bonds. The molecule has 0 unspecified atom stereocenters. The summed E-state index contributed by atoms with van der Waals surface area (Å²) in [4.78, 5) is 3.88. The van der Waals surface area contributed by atoms with Crippen LogP contribution in [0.5, 0.6) is 0 Å². The van der Waals surface area contributed by atoms with E-state index in [0.717, 1.165) is 11.4 Å². The first-order valence-corrected chi connectivity index (χ1v) is 24.4. The van der Waals surface area contributed by atoms with Crippen molar-refractivity contribution in [3.63, 3.8) is 0 Å². The largest absolute Gasteiger partial charge is 0.310 e. The van der Waals surface area contributed by atoms with Crippen LogP contribution in [-0.2, 0) is 16.2 Å². The van der Waals surface area contributed by atoms with Gasteiger partial charge in [-0.05, 0) is 139 Å². The second kappa shape index (κ2) is 15.4. The van der Waals surface area contributed by atoms with E-state index in [4.69, 9.17) is 0 Å². The quantitative estimate of drug-likeness (QED) is 0.154. The zero-order chi connectivity index (χ0) is 45.7. The number of para-hydroxylation sites is 1. The monoisotopic (exact) mass is 871 g/mol. The maximum absolute atomic E-state index is 2.54. The Morgan fingerprint density at radius 1 is 0.485 bits per heavy atom. The fourth-order valence-corrected chi connectivity index (χ4v) is 12.4. The van der Waals surface area contributed by atoms with Crippen molar-refractivity contribution < 1.29 is 0 Å². The summed E-state index contributed by atoms with van der Waals surface area (Å²) in [7, 11) is 0. The van der Waals surface area contributed by atoms with Gasteiger partial charge in [-0.1, -0.05) is 194 Å². The lowest BCUT2D eigenvalue weighted by atomic mass is 9.81. The van der Waals surface area contributed by atoms with Crippen molar-refractivity contribution in [3.05, 3.63) is 214 Å². The molecule has 0 aliphatic heterocycles. The van der Waals surface area contributed by atoms with Crippen molar-refractivity contribution in [2.24, 2.45) is 0 Å². The number of benzene rings is 8. The minimum atomic E-state index is -0.205. The second-order valence-corrected chi connectivity index (χ2v) is 21.7. The lowest BCUT2D eigenvalue weighted by Crippen LogP contribution is -2.21. The van der Waals surface area contributed by atoms with Crippen LogP contribution >= 0.6 is 11.3 Å². The van der Waals surface area contributed by atoms with Crippen LogP contribution in [0.2, 0.25) is 0 Å². The fraction of sp³-hybridized carbons (Fsp3) is 0.188. The molecule has 0 fully saturated rings. The summed E-state index contributed by atoms with van der Waals surface area (Å²) in [5, 5.41) is 1.32. The first-order valence-electron chi connectivity index (χ1n) is 23.5. The van der Waals surface area contributed by atoms with E-state index in [1.807, 2.05) is 11.3 Å². The summed E-state index contributed by atoms with van der Waals surface area (Å²) in [6, 6.07) is 64.5. The van der Waals surface area contributed by atoms with Gasteiger partial charge in [-0.2, -0.15) is 0 Å². The van der Waals surface area contributed by atoms with E-state index >= 15 is 0 Å². The van der Waals surface area contributed by atoms with Gasteiger partial charge in [0.2, 0.25) is 0 Å². The van der Waals surface area contributed by atoms with Crippen molar-refractivity contribution in [1.82, 2.24) is 0 Å². The smallest absolute Gasteiger partial charge is 0.0540 e. The van der Waals surface area contributed by atoms with Crippen LogP contribution in [0, 0.1) is 6.92 Å². The zero-order valence-corrected chi connectivity index (χ0v) is 40.5. The molecule has 11 rings (SSSR count). The zero-order valence-electron chi connectivity index (χ0n) is 39.7. The standard InChI is InChI=1S/C64H57NS/c1-10-17-47-40(2)66-61-49(20-15-22-53(47)61)42-28-34-46(35-29-42)65(59-25-16-21-52-50-19-11-13-23-55(50)64(8,9)60(52)59)58-24-14-12-18-48(58)44-31-37-56-54(38-44)51-36-30-43(39-57(51)63(56,6)7)41-26-32-45(33-27-41)62(3,4)5/h10-39H,1-9H3/b17-10-. The second-order valence-electron chi connectivity index (χ2n) is 20.5. The van der Waals surface area contributed by atoms with Crippen LogP contribution in [0.3, 0.4) is 0 Å². The Morgan fingerprint density at radius 3 is 1.85 bits per heavy atom. The van der Waals surface area contributed by atoms with Gasteiger partial charge in [0.1, 0.15) is 0 Å². The maximum atomic E-state index is 2.54. The summed E-state index contributed by atoms with van der Waals surface area (Å²) >= 11 is 1.89. The van der Waals surface area contributed by atoms with Crippen LogP contribution in [0.1, 0.15) is 93.6 Å². The molecule has 0 saturated heterocycles. The minimum absolute atomic E-state index is 0.123. The van der Waals surface area contributed by atoms with Crippen LogP contribution in [0.15, 0.2) is 176 Å². The Morgan fingerprint density at radius 2 is 1.09 bits per heavy atom. The van der Waals surface area contributed by atoms with Crippen molar-refractivity contribution in [3.8, 4) is 55.6 Å². The summed E-state index contributed by atoms with van der Waals surface area (Å²) in [5.41, 5.74) is 24.2. The Bertz CT molecular complexity index is 3400. The van der Waals surface area contributed by atoms with Gasteiger partial charge in [-0.15, -0.1) is 11.3 Å². The third kappa shape index (κ3) is 6.56. The Kier molecular flexibility index (Phi) is 9.80. The average molecular weight is 872 g/mol. The van der Waals surface area contributed by atoms with Crippen molar-refractivity contribution in [2.75, 3.05) is 4.90 Å². The minimum Gasteiger partial charge on any atom is -0.310 e. The lowest BCUT2D eigenvalue weighted by Gasteiger charge is -2.33. The number of thiophene rings is 1. The molecule has 0 spiro atoms. The topological polar surface area (TPSA) is 3.24 Å². The molecule has 0 saturated carbocycles. The average Bonchev–Trinajstić information content (AvgIpc) is 3.86. The molecule has 0 N–H and O–H groups in total. The number of hydrogen-bond donors (Lipinski definition) is 0. The fourth-order valence-electron chi connectivity index (χ4n) is 11.2. The van der Waals surface area contributed by atoms with Crippen molar-refractivity contribution in [2.45, 2.75) is 78.6 Å². The van der Waals surface area contributed by atoms with Gasteiger partial charge >= 0.3 is 0 Å². The van der Waals surface area contributed by atoms with Gasteiger partial charge in [0.25, 0.3) is 0 Å². The molecule has 0 radical (unpaired) electrons. The van der Waals surface area contributed by atoms with E-state index in [9.17, 15) is 0 Å². The molecule has 1 nitrogen and oxygen atoms in total. The maximum Gasteiger partial charge on any atom is 0.0540 e. The third-order valence-corrected chi connectivity index (χ3v) is 15.9. The van der Waals surface area contributed by atoms with E-state index < -0.39 is 0 Å². The van der Waals surface area contributed by atoms with Gasteiger partial charge in [0, 0.05) is 37.0 Å². The molecule has 324 valence electrons. The Labute approximate surface area is 395 Å². The molecule has 0 bridgehead atoms. The van der Waals surface area contributed by atoms with E-state index in [0.29, 0.717) is 0 Å². The van der Waals surface area contributed by atoms with Crippen molar-refractivity contribution >= 4 is 44.6 Å². The highest BCUT2D eigenvalue weighted by atomic mass is 32.1. The Balaban J connectivity index is 1.05. The van der Waals surface area contributed by atoms with Crippen LogP contribution < -0.4 is 4.90 Å². The normalized spacial score (nSPS) is 14.3. The molecule has 2 aliphatic rings. The predicted molar refractivity (Wildman–Crippen MR) is 286 cm³/mol. The first kappa shape index (κ1) is 41.9. The summed E-state index contributed by atoms with van der Waals surface area (Å²) in [6.07, 6.45) is 4.40. The number of allylic oxidation sites excluding steroid dienone is 1. The number of aryl methyl sites for hydroxylation is 1. The highest BCUT2D eigenvalue weighted by Crippen LogP contribution is 2.56. The van der Waals surface area contributed by atoms with E-state index in [2.05, 4.69) is 249 Å². The molecular weight excluding hydrogens is 815 g/mol. The van der Waals surface area contributed by atoms with Gasteiger partial charge in [0.05, 0.1) is 11.4 Å². The van der Waals surface area contributed by atoms with E-state index in [1.165, 1.54) is 110 Å². The molecule has 2 heteroatoms. The SMILES string of the molecule is C/C=C\c1c(C)sc2c(-c3ccc(N(c4ccccc4-c4ccc5c(c4)-c4ccc(-c6ccc(C(C)(C)C)cc6)cc4C5(C)C)c4cccc5c4C(C)(C)c4ccccc4-5)cc3)cccc12. The van der Waals surface area contributed by atoms with Gasteiger partial charge in [-0.3, -0.25) is 0 Å². The van der Waals surface area contributed by atoms with Gasteiger partial charge in [-0.25, -0.2) is 0 Å². The van der Waals surface area contributed by atoms with Crippen LogP contribution in [-0.4, -0.2) is 0 Å². The number of anilines is 3. The number of rotatable bonds is 7. The Hall–Kier alpha value is -6.74. The molecular formula is C64H57NS. The number of nitrogens with zero attached hydrogens (tertiary/aromatic N) is 1. The number of fused-ring (bicyclic) bond motifs is 7. The summed E-state index contributed by atoms with van der Waals surface area (Å²) in [5.74, 6) is 0. The third-order valence-electron chi connectivity index (χ3n) is 14.7. The number of hydrogen-bond acceptors (Lipinski definition) is 2.